The lowest BCUT2D eigenvalue weighted by Gasteiger charge is -2.16. The topological polar surface area (TPSA) is 73.0 Å². The summed E-state index contributed by atoms with van der Waals surface area (Å²) in [5.41, 5.74) is 0.760. The molecule has 0 radical (unpaired) electrons. The van der Waals surface area contributed by atoms with Crippen molar-refractivity contribution in [1.82, 2.24) is 20.1 Å². The van der Waals surface area contributed by atoms with Crippen LogP contribution in [0.25, 0.3) is 11.3 Å². The van der Waals surface area contributed by atoms with Gasteiger partial charge in [0.1, 0.15) is 17.9 Å². The molecular weight excluding hydrogens is 340 g/mol. The van der Waals surface area contributed by atoms with E-state index < -0.39 is 0 Å². The average molecular weight is 357 g/mol. The smallest absolute Gasteiger partial charge is 0.287 e. The molecule has 2 aromatic heterocycles. The number of hydrogen-bond donors (Lipinski definition) is 1. The van der Waals surface area contributed by atoms with E-state index in [1.165, 1.54) is 6.33 Å². The second kappa shape index (κ2) is 6.37. The highest BCUT2D eigenvalue weighted by molar-refractivity contribution is 6.33. The predicted octanol–water partition coefficient (Wildman–Crippen LogP) is 3.61. The van der Waals surface area contributed by atoms with Crippen LogP contribution in [0, 0.1) is 5.92 Å². The van der Waals surface area contributed by atoms with Crippen molar-refractivity contribution in [2.45, 2.75) is 18.9 Å². The maximum atomic E-state index is 12.6. The Morgan fingerprint density at radius 3 is 2.80 bits per heavy atom. The Balaban J connectivity index is 1.55. The molecule has 1 amide bonds. The number of furan rings is 1. The van der Waals surface area contributed by atoms with Crippen LogP contribution in [0.5, 0.6) is 0 Å². The van der Waals surface area contributed by atoms with Gasteiger partial charge in [0, 0.05) is 12.6 Å². The first-order valence-electron chi connectivity index (χ1n) is 8.13. The number of carbonyl (C=O) groups excluding carboxylic acids is 1. The summed E-state index contributed by atoms with van der Waals surface area (Å²) in [6.45, 7) is 0. The zero-order chi connectivity index (χ0) is 17.4. The second-order valence-corrected chi connectivity index (χ2v) is 6.58. The molecule has 1 aromatic carbocycles. The zero-order valence-electron chi connectivity index (χ0n) is 13.6. The van der Waals surface area contributed by atoms with Gasteiger partial charge in [-0.25, -0.2) is 4.98 Å². The second-order valence-electron chi connectivity index (χ2n) is 6.17. The molecule has 6 nitrogen and oxygen atoms in total. The summed E-state index contributed by atoms with van der Waals surface area (Å²) < 4.78 is 7.42. The summed E-state index contributed by atoms with van der Waals surface area (Å²) >= 11 is 6.19. The number of aryl methyl sites for hydroxylation is 1. The Labute approximate surface area is 149 Å². The van der Waals surface area contributed by atoms with E-state index in [1.54, 1.807) is 22.9 Å². The molecule has 3 aromatic rings. The molecule has 7 heteroatoms. The highest BCUT2D eigenvalue weighted by Gasteiger charge is 2.36. The molecule has 2 heterocycles. The minimum absolute atomic E-state index is 0.158. The fourth-order valence-corrected chi connectivity index (χ4v) is 3.12. The van der Waals surface area contributed by atoms with E-state index >= 15 is 0 Å². The van der Waals surface area contributed by atoms with Crippen molar-refractivity contribution in [3.8, 4) is 11.3 Å². The van der Waals surface area contributed by atoms with Gasteiger partial charge in [0.25, 0.3) is 5.91 Å². The van der Waals surface area contributed by atoms with Crippen LogP contribution in [-0.4, -0.2) is 20.7 Å². The van der Waals surface area contributed by atoms with Gasteiger partial charge < -0.3 is 9.73 Å². The molecule has 0 spiro atoms. The van der Waals surface area contributed by atoms with E-state index in [-0.39, 0.29) is 17.7 Å². The number of hydrogen-bond acceptors (Lipinski definition) is 4. The van der Waals surface area contributed by atoms with Crippen molar-refractivity contribution >= 4 is 17.5 Å². The van der Waals surface area contributed by atoms with E-state index in [2.05, 4.69) is 15.4 Å². The van der Waals surface area contributed by atoms with Gasteiger partial charge in [-0.2, -0.15) is 5.10 Å². The Morgan fingerprint density at radius 2 is 2.12 bits per heavy atom. The van der Waals surface area contributed by atoms with Crippen LogP contribution in [0.1, 0.15) is 35.3 Å². The number of aromatic nitrogens is 3. The number of rotatable bonds is 5. The fourth-order valence-electron chi connectivity index (χ4n) is 2.89. The summed E-state index contributed by atoms with van der Waals surface area (Å²) in [5, 5.41) is 7.71. The summed E-state index contributed by atoms with van der Waals surface area (Å²) in [6.07, 6.45) is 3.64. The Hall–Kier alpha value is -2.60. The highest BCUT2D eigenvalue weighted by Crippen LogP contribution is 2.40. The molecule has 1 unspecified atom stereocenters. The minimum atomic E-state index is -0.266. The molecule has 0 saturated heterocycles. The summed E-state index contributed by atoms with van der Waals surface area (Å²) in [5.74, 6) is 1.71. The molecule has 1 N–H and O–H groups in total. The third-order valence-electron chi connectivity index (χ3n) is 4.37. The standard InChI is InChI=1S/C18H17ClN4O2/c1-23-17(20-10-21-23)16(11-6-7-11)22-18(24)15-9-8-14(25-15)12-4-2-3-5-13(12)19/h2-5,8-11,16H,6-7H2,1H3,(H,22,24). The number of amides is 1. The number of halogens is 1. The van der Waals surface area contributed by atoms with Gasteiger partial charge in [-0.3, -0.25) is 9.48 Å². The molecule has 0 aliphatic heterocycles. The SMILES string of the molecule is Cn1ncnc1C(NC(=O)c1ccc(-c2ccccc2Cl)o1)C1CC1. The maximum absolute atomic E-state index is 12.6. The van der Waals surface area contributed by atoms with E-state index in [4.69, 9.17) is 16.0 Å². The third kappa shape index (κ3) is 3.17. The van der Waals surface area contributed by atoms with Crippen LogP contribution in [0.3, 0.4) is 0 Å². The van der Waals surface area contributed by atoms with Gasteiger partial charge in [0.15, 0.2) is 5.76 Å². The monoisotopic (exact) mass is 356 g/mol. The molecule has 0 bridgehead atoms. The first-order chi connectivity index (χ1) is 12.1. The highest BCUT2D eigenvalue weighted by atomic mass is 35.5. The van der Waals surface area contributed by atoms with Crippen molar-refractivity contribution in [2.75, 3.05) is 0 Å². The van der Waals surface area contributed by atoms with E-state index in [1.807, 2.05) is 25.2 Å². The molecule has 128 valence electrons. The van der Waals surface area contributed by atoms with E-state index in [0.29, 0.717) is 16.7 Å². The van der Waals surface area contributed by atoms with Crippen molar-refractivity contribution in [1.29, 1.82) is 0 Å². The molecule has 1 saturated carbocycles. The summed E-state index contributed by atoms with van der Waals surface area (Å²) in [6, 6.07) is 10.6. The third-order valence-corrected chi connectivity index (χ3v) is 4.70. The zero-order valence-corrected chi connectivity index (χ0v) is 14.4. The number of benzene rings is 1. The van der Waals surface area contributed by atoms with Crippen molar-refractivity contribution < 1.29 is 9.21 Å². The van der Waals surface area contributed by atoms with Crippen LogP contribution < -0.4 is 5.32 Å². The fraction of sp³-hybridized carbons (Fsp3) is 0.278. The maximum Gasteiger partial charge on any atom is 0.287 e. The Kier molecular flexibility index (Phi) is 4.05. The molecular formula is C18H17ClN4O2. The molecule has 4 rings (SSSR count). The van der Waals surface area contributed by atoms with Gasteiger partial charge in [0.05, 0.1) is 11.1 Å². The van der Waals surface area contributed by atoms with Gasteiger partial charge >= 0.3 is 0 Å². The number of nitrogens with zero attached hydrogens (tertiary/aromatic N) is 3. The molecule has 1 fully saturated rings. The Bertz CT molecular complexity index is 913. The lowest BCUT2D eigenvalue weighted by molar-refractivity contribution is 0.0901. The normalized spacial score (nSPS) is 15.1. The first-order valence-corrected chi connectivity index (χ1v) is 8.51. The molecule has 25 heavy (non-hydrogen) atoms. The van der Waals surface area contributed by atoms with E-state index in [9.17, 15) is 4.79 Å². The van der Waals surface area contributed by atoms with Crippen LogP contribution in [-0.2, 0) is 7.05 Å². The summed E-state index contributed by atoms with van der Waals surface area (Å²) in [4.78, 5) is 16.9. The lowest BCUT2D eigenvalue weighted by atomic mass is 10.1. The molecule has 1 aliphatic rings. The number of nitrogens with one attached hydrogen (secondary N) is 1. The Morgan fingerprint density at radius 1 is 1.32 bits per heavy atom. The van der Waals surface area contributed by atoms with Crippen molar-refractivity contribution in [2.24, 2.45) is 13.0 Å². The largest absolute Gasteiger partial charge is 0.451 e. The molecule has 1 atom stereocenters. The summed E-state index contributed by atoms with van der Waals surface area (Å²) in [7, 11) is 1.83. The van der Waals surface area contributed by atoms with Crippen molar-refractivity contribution in [3.63, 3.8) is 0 Å². The van der Waals surface area contributed by atoms with Crippen LogP contribution in [0.2, 0.25) is 5.02 Å². The first kappa shape index (κ1) is 15.9. The number of carbonyl (C=O) groups is 1. The van der Waals surface area contributed by atoms with Gasteiger partial charge in [-0.1, -0.05) is 23.7 Å². The predicted molar refractivity (Wildman–Crippen MR) is 93.1 cm³/mol. The molecule has 1 aliphatic carbocycles. The minimum Gasteiger partial charge on any atom is -0.451 e. The van der Waals surface area contributed by atoms with Crippen LogP contribution in [0.15, 0.2) is 47.1 Å². The van der Waals surface area contributed by atoms with Crippen LogP contribution >= 0.6 is 11.6 Å². The van der Waals surface area contributed by atoms with E-state index in [0.717, 1.165) is 24.2 Å². The van der Waals surface area contributed by atoms with Gasteiger partial charge in [-0.05, 0) is 43.0 Å². The quantitative estimate of drug-likeness (QED) is 0.758. The van der Waals surface area contributed by atoms with Crippen molar-refractivity contribution in [3.05, 3.63) is 59.3 Å². The van der Waals surface area contributed by atoms with Crippen LogP contribution in [0.4, 0.5) is 0 Å². The van der Waals surface area contributed by atoms with Gasteiger partial charge in [0.2, 0.25) is 0 Å². The van der Waals surface area contributed by atoms with Gasteiger partial charge in [-0.15, -0.1) is 0 Å². The lowest BCUT2D eigenvalue weighted by Crippen LogP contribution is -2.31. The average Bonchev–Trinajstić information content (AvgIpc) is 3.17.